The average Bonchev–Trinajstić information content (AvgIpc) is 2.90. The first-order chi connectivity index (χ1) is 9.29. The number of furan rings is 1. The van der Waals surface area contributed by atoms with Crippen molar-refractivity contribution >= 4 is 5.91 Å². The third-order valence-corrected chi connectivity index (χ3v) is 4.05. The van der Waals surface area contributed by atoms with Gasteiger partial charge in [-0.25, -0.2) is 0 Å². The van der Waals surface area contributed by atoms with E-state index in [1.807, 2.05) is 4.90 Å². The zero-order valence-electron chi connectivity index (χ0n) is 11.0. The third kappa shape index (κ3) is 2.67. The summed E-state index contributed by atoms with van der Waals surface area (Å²) in [5, 5.41) is 0. The predicted octanol–water partition coefficient (Wildman–Crippen LogP) is 1.55. The van der Waals surface area contributed by atoms with Crippen LogP contribution in [0.4, 0.5) is 0 Å². The molecule has 2 aliphatic rings. The minimum absolute atomic E-state index is 0.0325. The number of ether oxygens (including phenoxy) is 2. The van der Waals surface area contributed by atoms with Crippen LogP contribution in [-0.4, -0.2) is 50.3 Å². The van der Waals surface area contributed by atoms with Crippen molar-refractivity contribution in [3.05, 3.63) is 24.2 Å². The van der Waals surface area contributed by atoms with Gasteiger partial charge in [-0.3, -0.25) is 4.79 Å². The molecule has 0 bridgehead atoms. The highest BCUT2D eigenvalue weighted by Crippen LogP contribution is 2.33. The van der Waals surface area contributed by atoms with Crippen LogP contribution in [0.25, 0.3) is 0 Å². The van der Waals surface area contributed by atoms with Crippen molar-refractivity contribution < 1.29 is 18.7 Å². The van der Waals surface area contributed by atoms with E-state index in [9.17, 15) is 4.79 Å². The first-order valence-electron chi connectivity index (χ1n) is 6.76. The molecule has 0 unspecified atom stereocenters. The Hall–Kier alpha value is -1.33. The van der Waals surface area contributed by atoms with Gasteiger partial charge in [0, 0.05) is 31.7 Å². The molecule has 1 spiro atoms. The van der Waals surface area contributed by atoms with Crippen LogP contribution in [0.2, 0.25) is 0 Å². The molecule has 5 nitrogen and oxygen atoms in total. The summed E-state index contributed by atoms with van der Waals surface area (Å²) >= 11 is 0. The molecule has 5 heteroatoms. The fourth-order valence-corrected chi connectivity index (χ4v) is 2.84. The summed E-state index contributed by atoms with van der Waals surface area (Å²) in [6.45, 7) is 4.25. The summed E-state index contributed by atoms with van der Waals surface area (Å²) in [6, 6.07) is 1.71. The van der Waals surface area contributed by atoms with Gasteiger partial charge in [-0.2, -0.15) is 0 Å². The predicted molar refractivity (Wildman–Crippen MR) is 67.9 cm³/mol. The van der Waals surface area contributed by atoms with Gasteiger partial charge in [0.2, 0.25) is 0 Å². The van der Waals surface area contributed by atoms with E-state index in [1.54, 1.807) is 6.07 Å². The number of carbonyl (C=O) groups excluding carboxylic acids is 1. The molecule has 104 valence electrons. The van der Waals surface area contributed by atoms with Gasteiger partial charge >= 0.3 is 0 Å². The SMILES string of the molecule is O=C(c1ccoc1)N1CCOCC2(CCOCC2)C1. The minimum atomic E-state index is 0.0325. The molecule has 2 aliphatic heterocycles. The summed E-state index contributed by atoms with van der Waals surface area (Å²) in [6.07, 6.45) is 4.96. The lowest BCUT2D eigenvalue weighted by atomic mass is 9.80. The van der Waals surface area contributed by atoms with Crippen LogP contribution in [0.3, 0.4) is 0 Å². The fraction of sp³-hybridized carbons (Fsp3) is 0.643. The van der Waals surface area contributed by atoms with Crippen molar-refractivity contribution in [1.82, 2.24) is 4.90 Å². The van der Waals surface area contributed by atoms with Gasteiger partial charge in [0.25, 0.3) is 5.91 Å². The van der Waals surface area contributed by atoms with Crippen LogP contribution in [0.15, 0.2) is 23.0 Å². The number of nitrogens with zero attached hydrogens (tertiary/aromatic N) is 1. The van der Waals surface area contributed by atoms with E-state index in [0.29, 0.717) is 18.7 Å². The maximum atomic E-state index is 12.4. The van der Waals surface area contributed by atoms with Crippen molar-refractivity contribution in [2.24, 2.45) is 5.41 Å². The van der Waals surface area contributed by atoms with Crippen LogP contribution >= 0.6 is 0 Å². The summed E-state index contributed by atoms with van der Waals surface area (Å²) in [4.78, 5) is 14.3. The molecule has 19 heavy (non-hydrogen) atoms. The molecule has 2 saturated heterocycles. The zero-order valence-corrected chi connectivity index (χ0v) is 11.0. The third-order valence-electron chi connectivity index (χ3n) is 4.05. The van der Waals surface area contributed by atoms with Gasteiger partial charge in [0.05, 0.1) is 25.0 Å². The normalized spacial score (nSPS) is 23.3. The van der Waals surface area contributed by atoms with Crippen LogP contribution in [0.1, 0.15) is 23.2 Å². The van der Waals surface area contributed by atoms with Gasteiger partial charge in [-0.05, 0) is 18.9 Å². The Morgan fingerprint density at radius 1 is 1.21 bits per heavy atom. The van der Waals surface area contributed by atoms with Gasteiger partial charge in [0.1, 0.15) is 6.26 Å². The van der Waals surface area contributed by atoms with Gasteiger partial charge in [0.15, 0.2) is 0 Å². The quantitative estimate of drug-likeness (QED) is 0.773. The second-order valence-electron chi connectivity index (χ2n) is 5.40. The van der Waals surface area contributed by atoms with E-state index in [-0.39, 0.29) is 11.3 Å². The van der Waals surface area contributed by atoms with E-state index >= 15 is 0 Å². The second kappa shape index (κ2) is 5.35. The highest BCUT2D eigenvalue weighted by atomic mass is 16.5. The van der Waals surface area contributed by atoms with E-state index in [4.69, 9.17) is 13.9 Å². The lowest BCUT2D eigenvalue weighted by molar-refractivity contribution is -0.0304. The average molecular weight is 265 g/mol. The number of carbonyl (C=O) groups is 1. The number of hydrogen-bond donors (Lipinski definition) is 0. The molecule has 0 radical (unpaired) electrons. The monoisotopic (exact) mass is 265 g/mol. The smallest absolute Gasteiger partial charge is 0.257 e. The van der Waals surface area contributed by atoms with Crippen molar-refractivity contribution in [2.45, 2.75) is 12.8 Å². The number of hydrogen-bond acceptors (Lipinski definition) is 4. The molecule has 0 N–H and O–H groups in total. The Balaban J connectivity index is 1.75. The van der Waals surface area contributed by atoms with E-state index in [0.717, 1.165) is 39.2 Å². The van der Waals surface area contributed by atoms with Crippen LogP contribution in [0.5, 0.6) is 0 Å². The van der Waals surface area contributed by atoms with Gasteiger partial charge in [-0.15, -0.1) is 0 Å². The molecule has 0 aromatic carbocycles. The summed E-state index contributed by atoms with van der Waals surface area (Å²) in [7, 11) is 0. The molecule has 0 aliphatic carbocycles. The fourth-order valence-electron chi connectivity index (χ4n) is 2.84. The van der Waals surface area contributed by atoms with Crippen LogP contribution in [-0.2, 0) is 9.47 Å². The largest absolute Gasteiger partial charge is 0.472 e. The Labute approximate surface area is 112 Å². The number of rotatable bonds is 1. The molecule has 1 aromatic rings. The summed E-state index contributed by atoms with van der Waals surface area (Å²) < 4.78 is 16.1. The first kappa shape index (κ1) is 12.7. The second-order valence-corrected chi connectivity index (χ2v) is 5.40. The van der Waals surface area contributed by atoms with E-state index in [2.05, 4.69) is 0 Å². The summed E-state index contributed by atoms with van der Waals surface area (Å²) in [5.74, 6) is 0.0325. The minimum Gasteiger partial charge on any atom is -0.472 e. The van der Waals surface area contributed by atoms with Crippen molar-refractivity contribution in [2.75, 3.05) is 39.5 Å². The van der Waals surface area contributed by atoms with E-state index in [1.165, 1.54) is 12.5 Å². The lowest BCUT2D eigenvalue weighted by Gasteiger charge is -2.38. The maximum absolute atomic E-state index is 12.4. The zero-order chi connectivity index (χ0) is 13.1. The standard InChI is InChI=1S/C14H19NO4/c16-13(12-1-5-18-9-12)15-4-8-19-11-14(10-15)2-6-17-7-3-14/h1,5,9H,2-4,6-8,10-11H2. The first-order valence-corrected chi connectivity index (χ1v) is 6.76. The Kier molecular flexibility index (Phi) is 3.57. The molecule has 0 saturated carbocycles. The van der Waals surface area contributed by atoms with Gasteiger partial charge < -0.3 is 18.8 Å². The van der Waals surface area contributed by atoms with Crippen molar-refractivity contribution in [1.29, 1.82) is 0 Å². The Bertz CT molecular complexity index is 423. The number of amides is 1. The molecular formula is C14H19NO4. The molecular weight excluding hydrogens is 246 g/mol. The molecule has 3 rings (SSSR count). The van der Waals surface area contributed by atoms with Crippen molar-refractivity contribution in [3.63, 3.8) is 0 Å². The Morgan fingerprint density at radius 3 is 2.79 bits per heavy atom. The van der Waals surface area contributed by atoms with Crippen LogP contribution < -0.4 is 0 Å². The Morgan fingerprint density at radius 2 is 2.05 bits per heavy atom. The van der Waals surface area contributed by atoms with E-state index < -0.39 is 0 Å². The van der Waals surface area contributed by atoms with Crippen LogP contribution in [0, 0.1) is 5.41 Å². The highest BCUT2D eigenvalue weighted by molar-refractivity contribution is 5.93. The summed E-state index contributed by atoms with van der Waals surface area (Å²) in [5.41, 5.74) is 0.679. The van der Waals surface area contributed by atoms with Gasteiger partial charge in [-0.1, -0.05) is 0 Å². The molecule has 3 heterocycles. The topological polar surface area (TPSA) is 51.9 Å². The van der Waals surface area contributed by atoms with Crippen molar-refractivity contribution in [3.8, 4) is 0 Å². The maximum Gasteiger partial charge on any atom is 0.257 e. The lowest BCUT2D eigenvalue weighted by Crippen LogP contribution is -2.44. The highest BCUT2D eigenvalue weighted by Gasteiger charge is 2.38. The molecule has 0 atom stereocenters. The molecule has 2 fully saturated rings. The molecule has 1 aromatic heterocycles. The molecule has 1 amide bonds.